The van der Waals surface area contributed by atoms with Crippen LogP contribution in [0.15, 0.2) is 70.2 Å². The first-order valence-electron chi connectivity index (χ1n) is 12.2. The fourth-order valence-electron chi connectivity index (χ4n) is 3.18. The number of rotatable bonds is 12. The van der Waals surface area contributed by atoms with Crippen molar-refractivity contribution >= 4 is 51.2 Å². The standard InChI is InChI=1S/C28H28BrFN4O6/c1-3-4-13-39-21-9-7-20(8-10-21)32-27(36)28(37)34-31-16-18-5-12-24(25(14-18)38-2)40-17-26(35)33-23-11-6-19(29)15-22(23)30/h5-12,14-16H,3-4,13,17H2,1-2H3,(H,32,36)(H,33,35)(H,34,37)/b31-16-. The zero-order valence-electron chi connectivity index (χ0n) is 21.8. The van der Waals surface area contributed by atoms with Crippen LogP contribution in [0.4, 0.5) is 15.8 Å². The highest BCUT2D eigenvalue weighted by molar-refractivity contribution is 9.10. The lowest BCUT2D eigenvalue weighted by atomic mass is 10.2. The molecule has 210 valence electrons. The van der Waals surface area contributed by atoms with Gasteiger partial charge in [-0.25, -0.2) is 9.82 Å². The minimum absolute atomic E-state index is 0.0244. The number of carbonyl (C=O) groups is 3. The van der Waals surface area contributed by atoms with Crippen molar-refractivity contribution in [2.45, 2.75) is 19.8 Å². The van der Waals surface area contributed by atoms with Crippen LogP contribution in [0.5, 0.6) is 17.2 Å². The fourth-order valence-corrected chi connectivity index (χ4v) is 3.51. The first-order chi connectivity index (χ1) is 19.3. The van der Waals surface area contributed by atoms with Crippen LogP contribution in [0, 0.1) is 5.82 Å². The number of anilines is 2. The molecule has 0 unspecified atom stereocenters. The second-order valence-corrected chi connectivity index (χ2v) is 9.17. The fraction of sp³-hybridized carbons (Fsp3) is 0.214. The van der Waals surface area contributed by atoms with E-state index in [2.05, 4.69) is 44.0 Å². The number of carbonyl (C=O) groups excluding carboxylic acids is 3. The molecule has 0 radical (unpaired) electrons. The van der Waals surface area contributed by atoms with Crippen molar-refractivity contribution < 1.29 is 33.0 Å². The molecule has 3 rings (SSSR count). The number of hydrogen-bond donors (Lipinski definition) is 3. The van der Waals surface area contributed by atoms with Gasteiger partial charge in [-0.05, 0) is 72.6 Å². The van der Waals surface area contributed by atoms with Gasteiger partial charge in [0.25, 0.3) is 5.91 Å². The molecule has 3 N–H and O–H groups in total. The van der Waals surface area contributed by atoms with Gasteiger partial charge in [-0.1, -0.05) is 29.3 Å². The van der Waals surface area contributed by atoms with Crippen LogP contribution < -0.4 is 30.3 Å². The Labute approximate surface area is 239 Å². The molecule has 0 aliphatic carbocycles. The Balaban J connectivity index is 1.48. The van der Waals surface area contributed by atoms with E-state index in [4.69, 9.17) is 14.2 Å². The number of unbranched alkanes of at least 4 members (excludes halogenated alkanes) is 1. The third-order valence-electron chi connectivity index (χ3n) is 5.22. The number of nitrogens with one attached hydrogen (secondary N) is 3. The third kappa shape index (κ3) is 9.38. The van der Waals surface area contributed by atoms with Gasteiger partial charge in [0.2, 0.25) is 0 Å². The van der Waals surface area contributed by atoms with Crippen LogP contribution in [0.3, 0.4) is 0 Å². The second-order valence-electron chi connectivity index (χ2n) is 8.25. The number of benzene rings is 3. The molecule has 12 heteroatoms. The monoisotopic (exact) mass is 614 g/mol. The lowest BCUT2D eigenvalue weighted by Crippen LogP contribution is -2.32. The molecule has 0 aromatic heterocycles. The van der Waals surface area contributed by atoms with Gasteiger partial charge in [0.15, 0.2) is 18.1 Å². The Morgan fingerprint density at radius 2 is 1.73 bits per heavy atom. The summed E-state index contributed by atoms with van der Waals surface area (Å²) in [5.74, 6) is -1.78. The summed E-state index contributed by atoms with van der Waals surface area (Å²) in [5.41, 5.74) is 3.13. The van der Waals surface area contributed by atoms with Gasteiger partial charge in [-0.15, -0.1) is 0 Å². The molecule has 0 atom stereocenters. The zero-order chi connectivity index (χ0) is 28.9. The Morgan fingerprint density at radius 3 is 2.42 bits per heavy atom. The molecule has 3 aromatic rings. The lowest BCUT2D eigenvalue weighted by molar-refractivity contribution is -0.136. The van der Waals surface area contributed by atoms with Crippen molar-refractivity contribution in [1.82, 2.24) is 5.43 Å². The highest BCUT2D eigenvalue weighted by atomic mass is 79.9. The molecule has 10 nitrogen and oxygen atoms in total. The zero-order valence-corrected chi connectivity index (χ0v) is 23.4. The molecule has 3 aromatic carbocycles. The van der Waals surface area contributed by atoms with Crippen molar-refractivity contribution in [2.24, 2.45) is 5.10 Å². The summed E-state index contributed by atoms with van der Waals surface area (Å²) in [6.07, 6.45) is 3.28. The van der Waals surface area contributed by atoms with E-state index in [0.29, 0.717) is 28.1 Å². The topological polar surface area (TPSA) is 127 Å². The Hall–Kier alpha value is -4.45. The number of amides is 3. The highest BCUT2D eigenvalue weighted by Gasteiger charge is 2.14. The first-order valence-corrected chi connectivity index (χ1v) is 13.0. The Kier molecular flexibility index (Phi) is 11.5. The molecule has 0 fully saturated rings. The van der Waals surface area contributed by atoms with Crippen molar-refractivity contribution in [3.05, 3.63) is 76.5 Å². The van der Waals surface area contributed by atoms with Crippen molar-refractivity contribution in [3.8, 4) is 17.2 Å². The van der Waals surface area contributed by atoms with Crippen LogP contribution in [0.25, 0.3) is 0 Å². The van der Waals surface area contributed by atoms with E-state index in [1.54, 1.807) is 42.5 Å². The van der Waals surface area contributed by atoms with Gasteiger partial charge < -0.3 is 24.8 Å². The number of nitrogens with zero attached hydrogens (tertiary/aromatic N) is 1. The van der Waals surface area contributed by atoms with Gasteiger partial charge in [-0.2, -0.15) is 5.10 Å². The quantitative estimate of drug-likeness (QED) is 0.115. The average Bonchev–Trinajstić information content (AvgIpc) is 2.94. The normalized spacial score (nSPS) is 10.6. The molecule has 3 amide bonds. The summed E-state index contributed by atoms with van der Waals surface area (Å²) >= 11 is 3.15. The first kappa shape index (κ1) is 30.1. The summed E-state index contributed by atoms with van der Waals surface area (Å²) < 4.78 is 30.8. The lowest BCUT2D eigenvalue weighted by Gasteiger charge is -2.12. The molecule has 0 saturated heterocycles. The predicted octanol–water partition coefficient (Wildman–Crippen LogP) is 4.88. The van der Waals surface area contributed by atoms with Crippen molar-refractivity contribution in [1.29, 1.82) is 0 Å². The molecular weight excluding hydrogens is 587 g/mol. The minimum Gasteiger partial charge on any atom is -0.494 e. The molecule has 40 heavy (non-hydrogen) atoms. The molecule has 0 heterocycles. The summed E-state index contributed by atoms with van der Waals surface area (Å²) in [7, 11) is 1.41. The summed E-state index contributed by atoms with van der Waals surface area (Å²) in [4.78, 5) is 36.4. The van der Waals surface area contributed by atoms with Crippen LogP contribution in [0.1, 0.15) is 25.3 Å². The molecule has 0 bridgehead atoms. The van der Waals surface area contributed by atoms with Crippen molar-refractivity contribution in [2.75, 3.05) is 31.0 Å². The van der Waals surface area contributed by atoms with Gasteiger partial charge in [0.05, 0.1) is 25.6 Å². The van der Waals surface area contributed by atoms with E-state index in [-0.39, 0.29) is 23.8 Å². The predicted molar refractivity (Wildman–Crippen MR) is 152 cm³/mol. The van der Waals surface area contributed by atoms with Crippen LogP contribution in [0.2, 0.25) is 0 Å². The van der Waals surface area contributed by atoms with E-state index in [1.165, 1.54) is 31.5 Å². The number of methoxy groups -OCH3 is 1. The molecule has 0 aliphatic rings. The third-order valence-corrected chi connectivity index (χ3v) is 5.71. The van der Waals surface area contributed by atoms with Gasteiger partial charge in [0, 0.05) is 10.2 Å². The van der Waals surface area contributed by atoms with Gasteiger partial charge >= 0.3 is 11.8 Å². The van der Waals surface area contributed by atoms with Gasteiger partial charge in [-0.3, -0.25) is 14.4 Å². The van der Waals surface area contributed by atoms with Gasteiger partial charge in [0.1, 0.15) is 11.6 Å². The number of hydrazone groups is 1. The molecule has 0 aliphatic heterocycles. The largest absolute Gasteiger partial charge is 0.494 e. The van der Waals surface area contributed by atoms with Crippen LogP contribution in [-0.2, 0) is 14.4 Å². The summed E-state index contributed by atoms with van der Waals surface area (Å²) in [5, 5.41) is 8.71. The number of halogens is 2. The maximum Gasteiger partial charge on any atom is 0.329 e. The number of hydrogen-bond acceptors (Lipinski definition) is 7. The maximum atomic E-state index is 13.9. The van der Waals surface area contributed by atoms with E-state index in [1.807, 2.05) is 0 Å². The Morgan fingerprint density at radius 1 is 0.950 bits per heavy atom. The smallest absolute Gasteiger partial charge is 0.329 e. The number of ether oxygens (including phenoxy) is 3. The van der Waals surface area contributed by atoms with Crippen LogP contribution in [-0.4, -0.2) is 44.3 Å². The minimum atomic E-state index is -0.959. The highest BCUT2D eigenvalue weighted by Crippen LogP contribution is 2.28. The molecular formula is C28H28BrFN4O6. The summed E-state index contributed by atoms with van der Waals surface area (Å²) in [6.45, 7) is 2.29. The van der Waals surface area contributed by atoms with E-state index < -0.39 is 23.5 Å². The SMILES string of the molecule is CCCCOc1ccc(NC(=O)C(=O)N/N=C\c2ccc(OCC(=O)Nc3ccc(Br)cc3F)c(OC)c2)cc1. The Bertz CT molecular complexity index is 1370. The van der Waals surface area contributed by atoms with Crippen molar-refractivity contribution in [3.63, 3.8) is 0 Å². The second kappa shape index (κ2) is 15.2. The maximum absolute atomic E-state index is 13.9. The molecule has 0 saturated carbocycles. The van der Waals surface area contributed by atoms with Crippen LogP contribution >= 0.6 is 15.9 Å². The van der Waals surface area contributed by atoms with E-state index in [9.17, 15) is 18.8 Å². The van der Waals surface area contributed by atoms with E-state index in [0.717, 1.165) is 12.8 Å². The van der Waals surface area contributed by atoms with E-state index >= 15 is 0 Å². The summed E-state index contributed by atoms with van der Waals surface area (Å²) in [6, 6.07) is 15.6. The molecule has 0 spiro atoms. The average molecular weight is 615 g/mol.